The average Bonchev–Trinajstić information content (AvgIpc) is 2.20. The molecule has 1 aromatic carbocycles. The molecule has 5 heteroatoms. The molecule has 0 amide bonds. The van der Waals surface area contributed by atoms with Gasteiger partial charge >= 0.3 is 0 Å². The Labute approximate surface area is 116 Å². The molecule has 15 heavy (non-hydrogen) atoms. The molecular formula is C10H15BrIN3. The molecule has 0 atom stereocenters. The van der Waals surface area contributed by atoms with Crippen LogP contribution in [0.5, 0.6) is 0 Å². The lowest BCUT2D eigenvalue weighted by molar-refractivity contribution is 0.494. The smallest absolute Gasteiger partial charge is 0.191 e. The summed E-state index contributed by atoms with van der Waals surface area (Å²) in [5.41, 5.74) is 6.87. The molecule has 1 rings (SSSR count). The van der Waals surface area contributed by atoms with Gasteiger partial charge in [0.25, 0.3) is 0 Å². The lowest BCUT2D eigenvalue weighted by Crippen LogP contribution is -2.33. The number of halogens is 2. The molecule has 0 aliphatic rings. The fraction of sp³-hybridized carbons (Fsp3) is 0.300. The lowest BCUT2D eigenvalue weighted by atomic mass is 10.2. The van der Waals surface area contributed by atoms with E-state index in [1.165, 1.54) is 5.56 Å². The van der Waals surface area contributed by atoms with Crippen molar-refractivity contribution in [2.75, 3.05) is 14.1 Å². The Kier molecular flexibility index (Phi) is 6.91. The molecule has 0 saturated carbocycles. The third-order valence-corrected chi connectivity index (χ3v) is 2.48. The summed E-state index contributed by atoms with van der Waals surface area (Å²) in [6.07, 6.45) is 0. The van der Waals surface area contributed by atoms with E-state index in [4.69, 9.17) is 5.73 Å². The zero-order chi connectivity index (χ0) is 10.6. The molecule has 0 radical (unpaired) electrons. The third-order valence-electron chi connectivity index (χ3n) is 1.95. The monoisotopic (exact) mass is 383 g/mol. The molecule has 0 bridgehead atoms. The number of nitrogens with two attached hydrogens (primary N) is 1. The minimum atomic E-state index is 0. The number of hydrogen-bond acceptors (Lipinski definition) is 1. The molecule has 3 nitrogen and oxygen atoms in total. The van der Waals surface area contributed by atoms with Crippen molar-refractivity contribution < 1.29 is 0 Å². The van der Waals surface area contributed by atoms with Crippen LogP contribution in [0.1, 0.15) is 5.56 Å². The number of guanidine groups is 1. The maximum Gasteiger partial charge on any atom is 0.191 e. The summed E-state index contributed by atoms with van der Waals surface area (Å²) in [6, 6.07) is 8.15. The van der Waals surface area contributed by atoms with Gasteiger partial charge in [0.2, 0.25) is 0 Å². The standard InChI is InChI=1S/C10H14BrN3.HI/c1-13-10(12)14(2)7-8-3-5-9(11)6-4-8;/h3-6H,7H2,1-2H3,(H2,12,13);1H. The molecule has 1 aromatic rings. The summed E-state index contributed by atoms with van der Waals surface area (Å²) >= 11 is 3.39. The zero-order valence-corrected chi connectivity index (χ0v) is 12.7. The predicted octanol–water partition coefficient (Wildman–Crippen LogP) is 2.44. The van der Waals surface area contributed by atoms with Gasteiger partial charge < -0.3 is 10.6 Å². The minimum Gasteiger partial charge on any atom is -0.370 e. The maximum atomic E-state index is 5.66. The average molecular weight is 384 g/mol. The van der Waals surface area contributed by atoms with Crippen molar-refractivity contribution in [3.63, 3.8) is 0 Å². The van der Waals surface area contributed by atoms with Crippen LogP contribution in [0.2, 0.25) is 0 Å². The summed E-state index contributed by atoms with van der Waals surface area (Å²) in [4.78, 5) is 5.82. The first-order valence-electron chi connectivity index (χ1n) is 4.31. The third kappa shape index (κ3) is 4.83. The second-order valence-electron chi connectivity index (χ2n) is 3.06. The fourth-order valence-electron chi connectivity index (χ4n) is 1.12. The van der Waals surface area contributed by atoms with Gasteiger partial charge in [-0.3, -0.25) is 4.99 Å². The molecule has 84 valence electrons. The van der Waals surface area contributed by atoms with E-state index >= 15 is 0 Å². The van der Waals surface area contributed by atoms with Crippen LogP contribution >= 0.6 is 39.9 Å². The normalized spacial score (nSPS) is 10.7. The molecule has 0 fully saturated rings. The number of rotatable bonds is 2. The van der Waals surface area contributed by atoms with Crippen LogP contribution in [-0.2, 0) is 6.54 Å². The predicted molar refractivity (Wildman–Crippen MR) is 78.6 cm³/mol. The van der Waals surface area contributed by atoms with Crippen molar-refractivity contribution in [2.24, 2.45) is 10.7 Å². The molecule has 0 aliphatic heterocycles. The Balaban J connectivity index is 0.00000196. The van der Waals surface area contributed by atoms with E-state index in [0.717, 1.165) is 11.0 Å². The number of hydrogen-bond donors (Lipinski definition) is 1. The molecule has 0 unspecified atom stereocenters. The van der Waals surface area contributed by atoms with Gasteiger partial charge in [0, 0.05) is 25.1 Å². The molecule has 0 spiro atoms. The lowest BCUT2D eigenvalue weighted by Gasteiger charge is -2.17. The van der Waals surface area contributed by atoms with Crippen molar-refractivity contribution >= 4 is 45.9 Å². The Morgan fingerprint density at radius 1 is 1.40 bits per heavy atom. The topological polar surface area (TPSA) is 41.6 Å². The summed E-state index contributed by atoms with van der Waals surface area (Å²) in [5, 5.41) is 0. The van der Waals surface area contributed by atoms with Crippen LogP contribution in [0.15, 0.2) is 33.7 Å². The molecule has 2 N–H and O–H groups in total. The van der Waals surface area contributed by atoms with Gasteiger partial charge in [0.05, 0.1) is 0 Å². The highest BCUT2D eigenvalue weighted by Crippen LogP contribution is 2.11. The molecule has 0 aromatic heterocycles. The maximum absolute atomic E-state index is 5.66. The van der Waals surface area contributed by atoms with Gasteiger partial charge in [-0.25, -0.2) is 0 Å². The minimum absolute atomic E-state index is 0. The quantitative estimate of drug-likeness (QED) is 0.484. The summed E-state index contributed by atoms with van der Waals surface area (Å²) in [7, 11) is 3.61. The highest BCUT2D eigenvalue weighted by atomic mass is 127. The van der Waals surface area contributed by atoms with Gasteiger partial charge in [-0.05, 0) is 17.7 Å². The number of nitrogens with zero attached hydrogens (tertiary/aromatic N) is 2. The van der Waals surface area contributed by atoms with Crippen LogP contribution in [0.3, 0.4) is 0 Å². The largest absolute Gasteiger partial charge is 0.370 e. The van der Waals surface area contributed by atoms with Crippen LogP contribution in [0.4, 0.5) is 0 Å². The Hall–Kier alpha value is -0.300. The van der Waals surface area contributed by atoms with E-state index in [2.05, 4.69) is 33.1 Å². The van der Waals surface area contributed by atoms with Gasteiger partial charge in [-0.15, -0.1) is 24.0 Å². The van der Waals surface area contributed by atoms with Gasteiger partial charge in [-0.2, -0.15) is 0 Å². The number of aliphatic imine (C=N–C) groups is 1. The Morgan fingerprint density at radius 3 is 2.40 bits per heavy atom. The van der Waals surface area contributed by atoms with Crippen LogP contribution in [-0.4, -0.2) is 25.0 Å². The molecular weight excluding hydrogens is 369 g/mol. The van der Waals surface area contributed by atoms with Gasteiger partial charge in [0.1, 0.15) is 0 Å². The van der Waals surface area contributed by atoms with Crippen molar-refractivity contribution in [3.8, 4) is 0 Å². The molecule has 0 heterocycles. The molecule has 0 aliphatic carbocycles. The van der Waals surface area contributed by atoms with E-state index in [0.29, 0.717) is 5.96 Å². The van der Waals surface area contributed by atoms with Crippen molar-refractivity contribution in [2.45, 2.75) is 6.54 Å². The first-order valence-corrected chi connectivity index (χ1v) is 5.10. The SMILES string of the molecule is CN=C(N)N(C)Cc1ccc(Br)cc1.I. The summed E-state index contributed by atoms with van der Waals surface area (Å²) in [5.74, 6) is 0.549. The van der Waals surface area contributed by atoms with E-state index in [1.54, 1.807) is 7.05 Å². The van der Waals surface area contributed by atoms with Gasteiger partial charge in [-0.1, -0.05) is 28.1 Å². The highest BCUT2D eigenvalue weighted by molar-refractivity contribution is 14.0. The summed E-state index contributed by atoms with van der Waals surface area (Å²) < 4.78 is 1.08. The van der Waals surface area contributed by atoms with Crippen molar-refractivity contribution in [1.29, 1.82) is 0 Å². The number of benzene rings is 1. The highest BCUT2D eigenvalue weighted by Gasteiger charge is 2.01. The Bertz CT molecular complexity index is 324. The first kappa shape index (κ1) is 14.7. The fourth-order valence-corrected chi connectivity index (χ4v) is 1.38. The van der Waals surface area contributed by atoms with E-state index in [9.17, 15) is 0 Å². The van der Waals surface area contributed by atoms with E-state index in [-0.39, 0.29) is 24.0 Å². The molecule has 0 saturated heterocycles. The van der Waals surface area contributed by atoms with Gasteiger partial charge in [0.15, 0.2) is 5.96 Å². The van der Waals surface area contributed by atoms with Crippen molar-refractivity contribution in [3.05, 3.63) is 34.3 Å². The Morgan fingerprint density at radius 2 is 1.93 bits per heavy atom. The zero-order valence-electron chi connectivity index (χ0n) is 8.77. The second-order valence-corrected chi connectivity index (χ2v) is 3.98. The van der Waals surface area contributed by atoms with E-state index in [1.807, 2.05) is 24.1 Å². The van der Waals surface area contributed by atoms with E-state index < -0.39 is 0 Å². The van der Waals surface area contributed by atoms with Crippen LogP contribution in [0.25, 0.3) is 0 Å². The summed E-state index contributed by atoms with van der Waals surface area (Å²) in [6.45, 7) is 0.774. The van der Waals surface area contributed by atoms with Crippen LogP contribution in [0, 0.1) is 0 Å². The first-order chi connectivity index (χ1) is 6.63. The second kappa shape index (κ2) is 7.05. The van der Waals surface area contributed by atoms with Crippen LogP contribution < -0.4 is 5.73 Å². The van der Waals surface area contributed by atoms with Crippen molar-refractivity contribution in [1.82, 2.24) is 4.90 Å².